The van der Waals surface area contributed by atoms with Crippen molar-refractivity contribution in [2.45, 2.75) is 25.1 Å². The summed E-state index contributed by atoms with van der Waals surface area (Å²) in [4.78, 5) is -0.750. The molecule has 0 fully saturated rings. The second kappa shape index (κ2) is 3.29. The van der Waals surface area contributed by atoms with Gasteiger partial charge in [-0.3, -0.25) is 4.21 Å². The summed E-state index contributed by atoms with van der Waals surface area (Å²) in [5, 5.41) is 2.71. The van der Waals surface area contributed by atoms with E-state index >= 15 is 0 Å². The molecule has 2 unspecified atom stereocenters. The third-order valence-electron chi connectivity index (χ3n) is 1.57. The molecule has 0 aliphatic carbocycles. The molecule has 0 aliphatic rings. The van der Waals surface area contributed by atoms with Crippen molar-refractivity contribution >= 4 is 11.1 Å². The van der Waals surface area contributed by atoms with E-state index in [0.717, 1.165) is 0 Å². The van der Waals surface area contributed by atoms with Crippen LogP contribution >= 0.6 is 0 Å². The van der Waals surface area contributed by atoms with Gasteiger partial charge in [0.25, 0.3) is 0 Å². The zero-order valence-corrected chi connectivity index (χ0v) is 6.75. The Bertz CT molecular complexity index is 112. The van der Waals surface area contributed by atoms with Gasteiger partial charge in [-0.25, -0.2) is 0 Å². The monoisotopic (exact) mass is 150 g/mol. The van der Waals surface area contributed by atoms with Gasteiger partial charge >= 0.3 is 0 Å². The first-order valence-electron chi connectivity index (χ1n) is 2.85. The summed E-state index contributed by atoms with van der Waals surface area (Å²) in [7, 11) is 1.64. The van der Waals surface area contributed by atoms with Gasteiger partial charge in [0, 0.05) is 0 Å². The normalized spacial score (nSPS) is 20.9. The maximum atomic E-state index is 10.4. The van der Waals surface area contributed by atoms with Crippen LogP contribution < -0.4 is 5.32 Å². The minimum absolute atomic E-state index is 0.583. The van der Waals surface area contributed by atoms with E-state index < -0.39 is 16.0 Å². The minimum Gasteiger partial charge on any atom is -0.771 e. The van der Waals surface area contributed by atoms with Crippen molar-refractivity contribution in [1.82, 2.24) is 5.32 Å². The van der Waals surface area contributed by atoms with Crippen LogP contribution in [0.5, 0.6) is 0 Å². The standard InChI is InChI=1S/C5H13NO2S/c1-4-5(2,6-3)9(7)8/h6H,4H2,1-3H3,(H,7,8)/p-1. The van der Waals surface area contributed by atoms with Crippen LogP contribution in [0, 0.1) is 0 Å². The fourth-order valence-corrected chi connectivity index (χ4v) is 0.780. The average Bonchev–Trinajstić information content (AvgIpc) is 1.86. The summed E-state index contributed by atoms with van der Waals surface area (Å²) < 4.78 is 20.8. The summed E-state index contributed by atoms with van der Waals surface area (Å²) >= 11 is -2.03. The van der Waals surface area contributed by atoms with Crippen molar-refractivity contribution in [3.63, 3.8) is 0 Å². The Hall–Kier alpha value is 0.0700. The van der Waals surface area contributed by atoms with Crippen molar-refractivity contribution in [1.29, 1.82) is 0 Å². The molecule has 0 heterocycles. The van der Waals surface area contributed by atoms with Crippen LogP contribution in [0.15, 0.2) is 0 Å². The molecular weight excluding hydrogens is 138 g/mol. The Balaban J connectivity index is 4.09. The minimum atomic E-state index is -2.03. The molecule has 0 amide bonds. The van der Waals surface area contributed by atoms with Crippen LogP contribution in [0.3, 0.4) is 0 Å². The molecule has 0 saturated carbocycles. The smallest absolute Gasteiger partial charge is 0.0779 e. The summed E-state index contributed by atoms with van der Waals surface area (Å²) in [6.45, 7) is 3.47. The molecule has 0 aromatic carbocycles. The third kappa shape index (κ3) is 2.04. The second-order valence-electron chi connectivity index (χ2n) is 2.07. The molecule has 0 aromatic heterocycles. The Morgan fingerprint density at radius 2 is 2.22 bits per heavy atom. The fourth-order valence-electron chi connectivity index (χ4n) is 0.378. The van der Waals surface area contributed by atoms with Crippen LogP contribution in [0.2, 0.25) is 0 Å². The largest absolute Gasteiger partial charge is 0.771 e. The zero-order chi connectivity index (χ0) is 7.49. The molecule has 2 atom stereocenters. The van der Waals surface area contributed by atoms with E-state index in [1.807, 2.05) is 6.92 Å². The number of hydrogen-bond donors (Lipinski definition) is 1. The first kappa shape index (κ1) is 9.07. The summed E-state index contributed by atoms with van der Waals surface area (Å²) in [6, 6.07) is 0. The first-order chi connectivity index (χ1) is 4.06. The molecule has 0 aromatic rings. The topological polar surface area (TPSA) is 52.2 Å². The van der Waals surface area contributed by atoms with Crippen molar-refractivity contribution in [3.8, 4) is 0 Å². The summed E-state index contributed by atoms with van der Waals surface area (Å²) in [5.74, 6) is 0. The lowest BCUT2D eigenvalue weighted by molar-refractivity contribution is 0.441. The van der Waals surface area contributed by atoms with E-state index in [2.05, 4.69) is 5.32 Å². The van der Waals surface area contributed by atoms with Crippen LogP contribution in [0.4, 0.5) is 0 Å². The van der Waals surface area contributed by atoms with E-state index in [-0.39, 0.29) is 0 Å². The van der Waals surface area contributed by atoms with Gasteiger partial charge in [-0.05, 0) is 31.5 Å². The molecule has 0 aliphatic heterocycles. The van der Waals surface area contributed by atoms with E-state index in [1.165, 1.54) is 0 Å². The Labute approximate surface area is 58.1 Å². The number of nitrogens with one attached hydrogen (secondary N) is 1. The first-order valence-corrected chi connectivity index (χ1v) is 3.92. The molecule has 0 rings (SSSR count). The summed E-state index contributed by atoms with van der Waals surface area (Å²) in [6.07, 6.45) is 0.583. The maximum Gasteiger partial charge on any atom is 0.0779 e. The quantitative estimate of drug-likeness (QED) is 0.585. The van der Waals surface area contributed by atoms with E-state index in [4.69, 9.17) is 0 Å². The van der Waals surface area contributed by atoms with Crippen LogP contribution in [-0.4, -0.2) is 20.7 Å². The van der Waals surface area contributed by atoms with Crippen LogP contribution in [0.25, 0.3) is 0 Å². The number of hydrogen-bond acceptors (Lipinski definition) is 3. The fraction of sp³-hybridized carbons (Fsp3) is 1.00. The van der Waals surface area contributed by atoms with Crippen LogP contribution in [0.1, 0.15) is 20.3 Å². The van der Waals surface area contributed by atoms with Gasteiger partial charge in [-0.2, -0.15) is 0 Å². The average molecular weight is 150 g/mol. The van der Waals surface area contributed by atoms with Crippen molar-refractivity contribution in [3.05, 3.63) is 0 Å². The van der Waals surface area contributed by atoms with Gasteiger partial charge in [-0.1, -0.05) is 6.92 Å². The molecule has 0 radical (unpaired) electrons. The molecule has 4 heteroatoms. The van der Waals surface area contributed by atoms with Gasteiger partial charge in [0.2, 0.25) is 0 Å². The Morgan fingerprint density at radius 1 is 1.78 bits per heavy atom. The molecule has 56 valence electrons. The van der Waals surface area contributed by atoms with Crippen molar-refractivity contribution in [2.24, 2.45) is 0 Å². The molecule has 9 heavy (non-hydrogen) atoms. The Kier molecular flexibility index (Phi) is 3.32. The van der Waals surface area contributed by atoms with Gasteiger partial charge < -0.3 is 9.87 Å². The lowest BCUT2D eigenvalue weighted by Gasteiger charge is -2.29. The zero-order valence-electron chi connectivity index (χ0n) is 5.93. The molecule has 0 spiro atoms. The highest BCUT2D eigenvalue weighted by atomic mass is 32.2. The number of rotatable bonds is 3. The van der Waals surface area contributed by atoms with Gasteiger partial charge in [0.15, 0.2) is 0 Å². The second-order valence-corrected chi connectivity index (χ2v) is 3.44. The Morgan fingerprint density at radius 3 is 2.22 bits per heavy atom. The SMILES string of the molecule is CCC(C)(NC)S(=O)[O-]. The predicted octanol–water partition coefficient (Wildman–Crippen LogP) is 0.211. The highest BCUT2D eigenvalue weighted by molar-refractivity contribution is 7.80. The van der Waals surface area contributed by atoms with E-state index in [1.54, 1.807) is 14.0 Å². The maximum absolute atomic E-state index is 10.4. The molecule has 3 nitrogen and oxygen atoms in total. The molecular formula is C5H12NO2S-. The van der Waals surface area contributed by atoms with E-state index in [0.29, 0.717) is 6.42 Å². The highest BCUT2D eigenvalue weighted by Gasteiger charge is 2.19. The lowest BCUT2D eigenvalue weighted by Crippen LogP contribution is -2.43. The third-order valence-corrected chi connectivity index (χ3v) is 2.80. The lowest BCUT2D eigenvalue weighted by atomic mass is 10.2. The predicted molar refractivity (Wildman–Crippen MR) is 36.7 cm³/mol. The molecule has 0 bridgehead atoms. The van der Waals surface area contributed by atoms with E-state index in [9.17, 15) is 8.76 Å². The van der Waals surface area contributed by atoms with Crippen molar-refractivity contribution < 1.29 is 8.76 Å². The molecule has 0 saturated heterocycles. The van der Waals surface area contributed by atoms with Crippen molar-refractivity contribution in [2.75, 3.05) is 7.05 Å². The van der Waals surface area contributed by atoms with Gasteiger partial charge in [0.1, 0.15) is 0 Å². The summed E-state index contributed by atoms with van der Waals surface area (Å²) in [5.41, 5.74) is 0. The molecule has 1 N–H and O–H groups in total. The van der Waals surface area contributed by atoms with Gasteiger partial charge in [-0.15, -0.1) is 0 Å². The highest BCUT2D eigenvalue weighted by Crippen LogP contribution is 2.10. The van der Waals surface area contributed by atoms with Crippen LogP contribution in [-0.2, 0) is 11.1 Å². The van der Waals surface area contributed by atoms with Gasteiger partial charge in [0.05, 0.1) is 4.87 Å².